The van der Waals surface area contributed by atoms with Gasteiger partial charge in [0.05, 0.1) is 18.1 Å². The van der Waals surface area contributed by atoms with Gasteiger partial charge >= 0.3 is 11.8 Å². The number of nitrogens with zero attached hydrogens (tertiary/aromatic N) is 1. The molecular weight excluding hydrogens is 280 g/mol. The summed E-state index contributed by atoms with van der Waals surface area (Å²) in [5, 5.41) is 23.5. The summed E-state index contributed by atoms with van der Waals surface area (Å²) in [5.74, 6) is -0.557. The van der Waals surface area contributed by atoms with E-state index in [1.165, 1.54) is 19.2 Å². The molecule has 0 radical (unpaired) electrons. The summed E-state index contributed by atoms with van der Waals surface area (Å²) in [4.78, 5) is 21.8. The highest BCUT2D eigenvalue weighted by atomic mass is 16.6. The van der Waals surface area contributed by atoms with Gasteiger partial charge in [0.15, 0.2) is 5.75 Å². The number of hydrogen-bond acceptors (Lipinski definition) is 6. The number of cyclic esters (lactones) is 1. The Morgan fingerprint density at radius 1 is 1.52 bits per heavy atom. The Morgan fingerprint density at radius 3 is 2.76 bits per heavy atom. The molecule has 2 N–H and O–H groups in total. The number of rotatable bonds is 3. The van der Waals surface area contributed by atoms with E-state index < -0.39 is 33.9 Å². The van der Waals surface area contributed by atoms with Crippen LogP contribution in [-0.2, 0) is 4.74 Å². The van der Waals surface area contributed by atoms with E-state index in [2.05, 4.69) is 5.32 Å². The van der Waals surface area contributed by atoms with Crippen molar-refractivity contribution in [3.8, 4) is 11.5 Å². The van der Waals surface area contributed by atoms with E-state index in [9.17, 15) is 20.0 Å². The predicted octanol–water partition coefficient (Wildman–Crippen LogP) is 2.12. The lowest BCUT2D eigenvalue weighted by Crippen LogP contribution is -2.46. The standard InChI is InChI=1S/C13H16N2O6/c1-13(2)6-21-12(17)14-11(13)7-4-8(15(18)19)10(16)9(5-7)20-3/h4-5,11,16H,6H2,1-3H3,(H,14,17)/t11-/m0/s1. The number of benzene rings is 1. The molecule has 8 heteroatoms. The van der Waals surface area contributed by atoms with E-state index >= 15 is 0 Å². The number of aromatic hydroxyl groups is 1. The zero-order valence-electron chi connectivity index (χ0n) is 11.9. The SMILES string of the molecule is COc1cc([C@@H]2NC(=O)OCC2(C)C)cc([N+](=O)[O-])c1O. The number of hydrogen-bond donors (Lipinski definition) is 2. The number of nitro groups is 1. The Balaban J connectivity index is 2.54. The first-order valence-electron chi connectivity index (χ1n) is 6.25. The van der Waals surface area contributed by atoms with Crippen molar-refractivity contribution in [3.05, 3.63) is 27.8 Å². The largest absolute Gasteiger partial charge is 0.500 e. The van der Waals surface area contributed by atoms with Crippen LogP contribution in [0.25, 0.3) is 0 Å². The number of nitrogens with one attached hydrogen (secondary N) is 1. The fraction of sp³-hybridized carbons (Fsp3) is 0.462. The average molecular weight is 296 g/mol. The summed E-state index contributed by atoms with van der Waals surface area (Å²) in [7, 11) is 1.30. The van der Waals surface area contributed by atoms with Crippen molar-refractivity contribution in [2.24, 2.45) is 5.41 Å². The summed E-state index contributed by atoms with van der Waals surface area (Å²) < 4.78 is 9.90. The first-order valence-corrected chi connectivity index (χ1v) is 6.25. The summed E-state index contributed by atoms with van der Waals surface area (Å²) in [6.45, 7) is 3.91. The van der Waals surface area contributed by atoms with E-state index in [1.807, 2.05) is 13.8 Å². The quantitative estimate of drug-likeness (QED) is 0.652. The van der Waals surface area contributed by atoms with Gasteiger partial charge in [-0.3, -0.25) is 10.1 Å². The van der Waals surface area contributed by atoms with Gasteiger partial charge in [0.25, 0.3) is 0 Å². The fourth-order valence-corrected chi connectivity index (χ4v) is 2.30. The molecule has 0 bridgehead atoms. The monoisotopic (exact) mass is 296 g/mol. The first-order chi connectivity index (χ1) is 9.76. The molecule has 0 unspecified atom stereocenters. The van der Waals surface area contributed by atoms with Crippen molar-refractivity contribution >= 4 is 11.8 Å². The summed E-state index contributed by atoms with van der Waals surface area (Å²) in [6.07, 6.45) is -0.589. The van der Waals surface area contributed by atoms with E-state index in [1.54, 1.807) is 0 Å². The Bertz CT molecular complexity index is 599. The van der Waals surface area contributed by atoms with E-state index in [0.29, 0.717) is 5.56 Å². The minimum absolute atomic E-state index is 0.0178. The lowest BCUT2D eigenvalue weighted by molar-refractivity contribution is -0.386. The molecule has 1 aliphatic heterocycles. The summed E-state index contributed by atoms with van der Waals surface area (Å²) in [6, 6.07) is 2.21. The van der Waals surface area contributed by atoms with Crippen molar-refractivity contribution < 1.29 is 24.3 Å². The second-order valence-corrected chi connectivity index (χ2v) is 5.49. The van der Waals surface area contributed by atoms with Crippen molar-refractivity contribution in [2.45, 2.75) is 19.9 Å². The smallest absolute Gasteiger partial charge is 0.407 e. The topological polar surface area (TPSA) is 111 Å². The molecule has 2 rings (SSSR count). The molecule has 0 spiro atoms. The van der Waals surface area contributed by atoms with Crippen LogP contribution in [0.3, 0.4) is 0 Å². The number of ether oxygens (including phenoxy) is 2. The normalized spacial score (nSPS) is 20.3. The van der Waals surface area contributed by atoms with E-state index in [-0.39, 0.29) is 12.4 Å². The highest BCUT2D eigenvalue weighted by molar-refractivity contribution is 5.69. The minimum Gasteiger partial charge on any atom is -0.500 e. The van der Waals surface area contributed by atoms with Crippen LogP contribution in [0.5, 0.6) is 11.5 Å². The second-order valence-electron chi connectivity index (χ2n) is 5.49. The number of nitro benzene ring substituents is 1. The third kappa shape index (κ3) is 2.69. The van der Waals surface area contributed by atoms with Gasteiger partial charge in [-0.15, -0.1) is 0 Å². The maximum Gasteiger partial charge on any atom is 0.407 e. The molecule has 1 saturated heterocycles. The lowest BCUT2D eigenvalue weighted by Gasteiger charge is -2.38. The van der Waals surface area contributed by atoms with Gasteiger partial charge in [0.2, 0.25) is 5.75 Å². The van der Waals surface area contributed by atoms with E-state index in [4.69, 9.17) is 9.47 Å². The zero-order valence-corrected chi connectivity index (χ0v) is 11.9. The molecule has 1 fully saturated rings. The van der Waals surface area contributed by atoms with Gasteiger partial charge in [-0.2, -0.15) is 0 Å². The molecule has 114 valence electrons. The first kappa shape index (κ1) is 14.9. The third-order valence-electron chi connectivity index (χ3n) is 3.45. The van der Waals surface area contributed by atoms with Crippen LogP contribution in [0, 0.1) is 15.5 Å². The molecule has 8 nitrogen and oxygen atoms in total. The molecule has 1 amide bonds. The van der Waals surface area contributed by atoms with Crippen LogP contribution in [0.4, 0.5) is 10.5 Å². The Morgan fingerprint density at radius 2 is 2.19 bits per heavy atom. The third-order valence-corrected chi connectivity index (χ3v) is 3.45. The van der Waals surface area contributed by atoms with E-state index in [0.717, 1.165) is 0 Å². The Hall–Kier alpha value is -2.51. The molecular formula is C13H16N2O6. The van der Waals surface area contributed by atoms with Gasteiger partial charge in [-0.25, -0.2) is 4.79 Å². The number of carbonyl (C=O) groups excluding carboxylic acids is 1. The number of phenolic OH excluding ortho intramolecular Hbond substituents is 1. The van der Waals surface area contributed by atoms with Crippen molar-refractivity contribution in [2.75, 3.05) is 13.7 Å². The molecule has 1 aliphatic rings. The predicted molar refractivity (Wildman–Crippen MR) is 72.3 cm³/mol. The maximum atomic E-state index is 11.4. The van der Waals surface area contributed by atoms with Crippen LogP contribution >= 0.6 is 0 Å². The number of phenols is 1. The number of alkyl carbamates (subject to hydrolysis) is 1. The van der Waals surface area contributed by atoms with Gasteiger partial charge in [-0.05, 0) is 11.6 Å². The van der Waals surface area contributed by atoms with Crippen LogP contribution < -0.4 is 10.1 Å². The molecule has 21 heavy (non-hydrogen) atoms. The van der Waals surface area contributed by atoms with Gasteiger partial charge in [-0.1, -0.05) is 13.8 Å². The molecule has 1 atom stereocenters. The molecule has 0 saturated carbocycles. The Labute approximate surface area is 120 Å². The molecule has 1 aromatic rings. The molecule has 1 aromatic carbocycles. The average Bonchev–Trinajstić information content (AvgIpc) is 2.41. The van der Waals surface area contributed by atoms with Crippen LogP contribution in [-0.4, -0.2) is 29.8 Å². The van der Waals surface area contributed by atoms with Gasteiger partial charge < -0.3 is 19.9 Å². The van der Waals surface area contributed by atoms with Crippen molar-refractivity contribution in [3.63, 3.8) is 0 Å². The molecule has 0 aromatic heterocycles. The number of amides is 1. The Kier molecular flexibility index (Phi) is 3.63. The molecule has 1 heterocycles. The number of carbonyl (C=O) groups is 1. The molecule has 0 aliphatic carbocycles. The number of methoxy groups -OCH3 is 1. The minimum atomic E-state index is -0.699. The highest BCUT2D eigenvalue weighted by Crippen LogP contribution is 2.43. The van der Waals surface area contributed by atoms with Crippen LogP contribution in [0.1, 0.15) is 25.5 Å². The summed E-state index contributed by atoms with van der Waals surface area (Å²) in [5.41, 5.74) is -0.470. The summed E-state index contributed by atoms with van der Waals surface area (Å²) >= 11 is 0. The van der Waals surface area contributed by atoms with Crippen molar-refractivity contribution in [1.29, 1.82) is 0 Å². The van der Waals surface area contributed by atoms with Gasteiger partial charge in [0, 0.05) is 11.5 Å². The van der Waals surface area contributed by atoms with Crippen LogP contribution in [0.15, 0.2) is 12.1 Å². The van der Waals surface area contributed by atoms with Gasteiger partial charge in [0.1, 0.15) is 6.61 Å². The lowest BCUT2D eigenvalue weighted by atomic mass is 9.80. The van der Waals surface area contributed by atoms with Crippen molar-refractivity contribution in [1.82, 2.24) is 5.32 Å². The zero-order chi connectivity index (χ0) is 15.8. The second kappa shape index (κ2) is 5.12. The maximum absolute atomic E-state index is 11.4. The fourth-order valence-electron chi connectivity index (χ4n) is 2.30. The highest BCUT2D eigenvalue weighted by Gasteiger charge is 2.39. The van der Waals surface area contributed by atoms with Crippen LogP contribution in [0.2, 0.25) is 0 Å².